The Hall–Kier alpha value is -2.64. The van der Waals surface area contributed by atoms with E-state index in [9.17, 15) is 18.8 Å². The van der Waals surface area contributed by atoms with Crippen LogP contribution >= 0.6 is 0 Å². The Balaban J connectivity index is 1.68. The fourth-order valence-electron chi connectivity index (χ4n) is 2.47. The first kappa shape index (κ1) is 18.7. The van der Waals surface area contributed by atoms with Crippen LogP contribution in [0.2, 0.25) is 0 Å². The van der Waals surface area contributed by atoms with E-state index in [0.29, 0.717) is 5.75 Å². The molecule has 1 aliphatic rings. The Morgan fingerprint density at radius 1 is 1.20 bits per heavy atom. The van der Waals surface area contributed by atoms with E-state index >= 15 is 0 Å². The molecule has 136 valence electrons. The van der Waals surface area contributed by atoms with Gasteiger partial charge in [0.2, 0.25) is 0 Å². The van der Waals surface area contributed by atoms with Gasteiger partial charge in [-0.05, 0) is 44.0 Å². The highest BCUT2D eigenvalue weighted by Gasteiger charge is 2.20. The normalized spacial score (nSPS) is 15.3. The number of carbonyl (C=O) groups is 3. The first-order valence-electron chi connectivity index (χ1n) is 8.13. The molecule has 0 radical (unpaired) electrons. The maximum atomic E-state index is 12.8. The Morgan fingerprint density at radius 2 is 1.84 bits per heavy atom. The number of halogens is 1. The van der Waals surface area contributed by atoms with Gasteiger partial charge in [-0.2, -0.15) is 0 Å². The molecule has 25 heavy (non-hydrogen) atoms. The van der Waals surface area contributed by atoms with Gasteiger partial charge < -0.3 is 14.8 Å². The molecule has 2 rings (SSSR count). The van der Waals surface area contributed by atoms with Crippen molar-refractivity contribution in [1.29, 1.82) is 0 Å². The van der Waals surface area contributed by atoms with Crippen LogP contribution in [0.5, 0.6) is 5.75 Å². The summed E-state index contributed by atoms with van der Waals surface area (Å²) >= 11 is 0. The fourth-order valence-corrected chi connectivity index (χ4v) is 2.47. The van der Waals surface area contributed by atoms with Gasteiger partial charge in [-0.3, -0.25) is 10.1 Å². The molecule has 2 N–H and O–H groups in total. The third kappa shape index (κ3) is 6.40. The average Bonchev–Trinajstić information content (AvgIpc) is 3.07. The summed E-state index contributed by atoms with van der Waals surface area (Å²) < 4.78 is 22.9. The number of benzene rings is 1. The molecule has 3 amide bonds. The maximum Gasteiger partial charge on any atom is 0.347 e. The van der Waals surface area contributed by atoms with Crippen LogP contribution in [0.4, 0.5) is 9.18 Å². The molecular weight excluding hydrogens is 331 g/mol. The maximum absolute atomic E-state index is 12.8. The summed E-state index contributed by atoms with van der Waals surface area (Å²) in [6, 6.07) is 4.63. The zero-order valence-electron chi connectivity index (χ0n) is 13.9. The molecule has 7 nitrogen and oxygen atoms in total. The average molecular weight is 352 g/mol. The standard InChI is InChI=1S/C17H21FN2O5/c1-11(25-14-8-6-12(18)7-9-14)16(22)24-10-15(21)20-17(23)19-13-4-2-3-5-13/h6-9,11,13H,2-5,10H2,1H3,(H2,19,20,21,23)/t11-/m1/s1. The van der Waals surface area contributed by atoms with E-state index in [1.807, 2.05) is 0 Å². The summed E-state index contributed by atoms with van der Waals surface area (Å²) in [5.41, 5.74) is 0. The number of carbonyl (C=O) groups excluding carboxylic acids is 3. The number of hydrogen-bond acceptors (Lipinski definition) is 5. The van der Waals surface area contributed by atoms with Crippen LogP contribution in [0.25, 0.3) is 0 Å². The topological polar surface area (TPSA) is 93.7 Å². The summed E-state index contributed by atoms with van der Waals surface area (Å²) in [6.07, 6.45) is 2.93. The molecule has 8 heteroatoms. The van der Waals surface area contributed by atoms with Gasteiger partial charge in [-0.25, -0.2) is 14.0 Å². The molecule has 1 atom stereocenters. The molecule has 0 saturated heterocycles. The number of amides is 3. The highest BCUT2D eigenvalue weighted by molar-refractivity contribution is 5.95. The van der Waals surface area contributed by atoms with Crippen LogP contribution < -0.4 is 15.4 Å². The fraction of sp³-hybridized carbons (Fsp3) is 0.471. The third-order valence-electron chi connectivity index (χ3n) is 3.75. The molecule has 0 aromatic heterocycles. The van der Waals surface area contributed by atoms with Crippen LogP contribution in [-0.4, -0.2) is 36.7 Å². The summed E-state index contributed by atoms with van der Waals surface area (Å²) in [4.78, 5) is 35.0. The minimum atomic E-state index is -0.981. The highest BCUT2D eigenvalue weighted by Crippen LogP contribution is 2.17. The van der Waals surface area contributed by atoms with Gasteiger partial charge >= 0.3 is 12.0 Å². The molecule has 1 aromatic carbocycles. The van der Waals surface area contributed by atoms with Crippen LogP contribution in [0.15, 0.2) is 24.3 Å². The van der Waals surface area contributed by atoms with Crippen molar-refractivity contribution in [2.45, 2.75) is 44.8 Å². The van der Waals surface area contributed by atoms with Crippen molar-refractivity contribution in [3.05, 3.63) is 30.1 Å². The van der Waals surface area contributed by atoms with Crippen molar-refractivity contribution in [3.63, 3.8) is 0 Å². The molecule has 0 spiro atoms. The Kier molecular flexibility index (Phi) is 6.73. The Labute approximate surface area is 144 Å². The second-order valence-corrected chi connectivity index (χ2v) is 5.82. The first-order valence-corrected chi connectivity index (χ1v) is 8.13. The van der Waals surface area contributed by atoms with Crippen LogP contribution in [0, 0.1) is 5.82 Å². The van der Waals surface area contributed by atoms with Gasteiger partial charge in [0.05, 0.1) is 0 Å². The molecule has 1 aliphatic carbocycles. The number of urea groups is 1. The van der Waals surface area contributed by atoms with E-state index in [0.717, 1.165) is 25.7 Å². The summed E-state index contributed by atoms with van der Waals surface area (Å²) in [6.45, 7) is 0.852. The molecule has 0 unspecified atom stereocenters. The monoisotopic (exact) mass is 352 g/mol. The molecule has 0 heterocycles. The smallest absolute Gasteiger partial charge is 0.347 e. The molecular formula is C17H21FN2O5. The largest absolute Gasteiger partial charge is 0.479 e. The van der Waals surface area contributed by atoms with Crippen molar-refractivity contribution in [3.8, 4) is 5.75 Å². The Bertz CT molecular complexity index is 614. The molecule has 0 aliphatic heterocycles. The van der Waals surface area contributed by atoms with Gasteiger partial charge in [0.25, 0.3) is 5.91 Å². The summed E-state index contributed by atoms with van der Waals surface area (Å²) in [5.74, 6) is -1.62. The van der Waals surface area contributed by atoms with Crippen molar-refractivity contribution < 1.29 is 28.2 Å². The SMILES string of the molecule is C[C@@H](Oc1ccc(F)cc1)C(=O)OCC(=O)NC(=O)NC1CCCC1. The van der Waals surface area contributed by atoms with Crippen molar-refractivity contribution in [2.75, 3.05) is 6.61 Å². The second kappa shape index (κ2) is 9.00. The zero-order chi connectivity index (χ0) is 18.2. The lowest BCUT2D eigenvalue weighted by Gasteiger charge is -2.14. The van der Waals surface area contributed by atoms with E-state index < -0.39 is 36.4 Å². The molecule has 1 aromatic rings. The van der Waals surface area contributed by atoms with Gasteiger partial charge in [-0.15, -0.1) is 0 Å². The van der Waals surface area contributed by atoms with Crippen LogP contribution in [0.1, 0.15) is 32.6 Å². The quantitative estimate of drug-likeness (QED) is 0.763. The predicted molar refractivity (Wildman–Crippen MR) is 86.4 cm³/mol. The number of nitrogens with one attached hydrogen (secondary N) is 2. The first-order chi connectivity index (χ1) is 11.9. The van der Waals surface area contributed by atoms with Gasteiger partial charge in [0.1, 0.15) is 11.6 Å². The van der Waals surface area contributed by atoms with Crippen LogP contribution in [-0.2, 0) is 14.3 Å². The Morgan fingerprint density at radius 3 is 2.48 bits per heavy atom. The van der Waals surface area contributed by atoms with Crippen LogP contribution in [0.3, 0.4) is 0 Å². The van der Waals surface area contributed by atoms with E-state index in [4.69, 9.17) is 9.47 Å². The summed E-state index contributed by atoms with van der Waals surface area (Å²) in [5, 5.41) is 4.80. The van der Waals surface area contributed by atoms with Crippen molar-refractivity contribution in [1.82, 2.24) is 10.6 Å². The lowest BCUT2D eigenvalue weighted by molar-refractivity contribution is -0.154. The van der Waals surface area contributed by atoms with E-state index in [-0.39, 0.29) is 6.04 Å². The summed E-state index contributed by atoms with van der Waals surface area (Å²) in [7, 11) is 0. The van der Waals surface area contributed by atoms with E-state index in [2.05, 4.69) is 10.6 Å². The number of hydrogen-bond donors (Lipinski definition) is 2. The minimum absolute atomic E-state index is 0.0829. The molecule has 1 saturated carbocycles. The number of rotatable bonds is 6. The number of esters is 1. The zero-order valence-corrected chi connectivity index (χ0v) is 13.9. The molecule has 1 fully saturated rings. The van der Waals surface area contributed by atoms with Crippen molar-refractivity contribution in [2.24, 2.45) is 0 Å². The molecule has 0 bridgehead atoms. The highest BCUT2D eigenvalue weighted by atomic mass is 19.1. The number of ether oxygens (including phenoxy) is 2. The lowest BCUT2D eigenvalue weighted by Crippen LogP contribution is -2.45. The minimum Gasteiger partial charge on any atom is -0.479 e. The second-order valence-electron chi connectivity index (χ2n) is 5.82. The van der Waals surface area contributed by atoms with E-state index in [1.165, 1.54) is 31.2 Å². The number of imide groups is 1. The van der Waals surface area contributed by atoms with Crippen molar-refractivity contribution >= 4 is 17.9 Å². The van der Waals surface area contributed by atoms with E-state index in [1.54, 1.807) is 0 Å². The third-order valence-corrected chi connectivity index (χ3v) is 3.75. The lowest BCUT2D eigenvalue weighted by atomic mass is 10.2. The predicted octanol–water partition coefficient (Wildman–Crippen LogP) is 1.90. The van der Waals surface area contributed by atoms with Gasteiger partial charge in [0.15, 0.2) is 12.7 Å². The van der Waals surface area contributed by atoms with Gasteiger partial charge in [0, 0.05) is 6.04 Å². The van der Waals surface area contributed by atoms with Gasteiger partial charge in [-0.1, -0.05) is 12.8 Å².